The molecule has 2 N–H and O–H groups in total. The summed E-state index contributed by atoms with van der Waals surface area (Å²) in [7, 11) is -4.44. The Morgan fingerprint density at radius 3 is 1.80 bits per heavy atom. The van der Waals surface area contributed by atoms with E-state index in [1.165, 1.54) is 35.5 Å². The second kappa shape index (κ2) is 16.3. The van der Waals surface area contributed by atoms with Crippen molar-refractivity contribution >= 4 is 48.5 Å². The van der Waals surface area contributed by atoms with E-state index in [0.717, 1.165) is 5.56 Å². The third kappa shape index (κ3) is 8.45. The highest BCUT2D eigenvalue weighted by molar-refractivity contribution is 14.1. The largest absolute Gasteiger partial charge is 0.497 e. The first-order chi connectivity index (χ1) is 25.8. The third-order valence-electron chi connectivity index (χ3n) is 9.03. The molecular formula is C36H37IN6O9S2. The Bertz CT molecular complexity index is 2280. The van der Waals surface area contributed by atoms with Crippen LogP contribution >= 0.6 is 22.6 Å². The zero-order valence-corrected chi connectivity index (χ0v) is 33.2. The van der Waals surface area contributed by atoms with Gasteiger partial charge in [0.15, 0.2) is 9.84 Å². The maximum absolute atomic E-state index is 15.3. The molecule has 0 unspecified atom stereocenters. The maximum Gasteiger partial charge on any atom is 0.404 e. The van der Waals surface area contributed by atoms with Crippen molar-refractivity contribution in [2.24, 2.45) is 0 Å². The number of benzene rings is 4. The predicted octanol–water partition coefficient (Wildman–Crippen LogP) is 4.98. The third-order valence-corrected chi connectivity index (χ3v) is 14.2. The minimum Gasteiger partial charge on any atom is -0.497 e. The summed E-state index contributed by atoms with van der Waals surface area (Å²) in [6.45, 7) is -0.0719. The molecule has 0 atom stereocenters. The number of methoxy groups -OCH3 is 3. The molecule has 0 spiro atoms. The molecule has 1 fully saturated rings. The molecule has 4 aromatic carbocycles. The second-order valence-corrected chi connectivity index (χ2v) is 17.7. The molecule has 1 aliphatic carbocycles. The van der Waals surface area contributed by atoms with Crippen LogP contribution in [0.5, 0.6) is 17.2 Å². The zero-order chi connectivity index (χ0) is 38.6. The second-order valence-electron chi connectivity index (χ2n) is 12.5. The number of sulfone groups is 1. The number of nitrogens with zero attached hydrogens (tertiary/aromatic N) is 5. The molecule has 54 heavy (non-hydrogen) atoms. The molecule has 18 heteroatoms. The number of nitrogens with one attached hydrogen (secondary N) is 1. The first kappa shape index (κ1) is 38.9. The number of carboxylic acid groups (broad SMARTS) is 1. The first-order valence-corrected chi connectivity index (χ1v) is 20.6. The summed E-state index contributed by atoms with van der Waals surface area (Å²) in [6, 6.07) is 23.2. The van der Waals surface area contributed by atoms with Gasteiger partial charge in [0.2, 0.25) is 15.8 Å². The molecule has 0 aliphatic heterocycles. The first-order valence-electron chi connectivity index (χ1n) is 16.6. The Balaban J connectivity index is 1.49. The molecule has 15 nitrogen and oxygen atoms in total. The number of carbonyl (C=O) groups is 1. The Morgan fingerprint density at radius 2 is 1.31 bits per heavy atom. The van der Waals surface area contributed by atoms with Crippen LogP contribution in [0.4, 0.5) is 4.79 Å². The van der Waals surface area contributed by atoms with Gasteiger partial charge in [-0.25, -0.2) is 21.6 Å². The van der Waals surface area contributed by atoms with Crippen molar-refractivity contribution in [3.8, 4) is 28.6 Å². The number of rotatable bonds is 15. The summed E-state index contributed by atoms with van der Waals surface area (Å²) in [5.41, 5.74) is 2.04. The number of halogens is 1. The number of tetrazole rings is 1. The van der Waals surface area contributed by atoms with Crippen molar-refractivity contribution in [2.75, 3.05) is 21.3 Å². The molecule has 6 rings (SSSR count). The van der Waals surface area contributed by atoms with Crippen molar-refractivity contribution in [2.45, 2.75) is 53.6 Å². The fraction of sp³-hybridized carbons (Fsp3) is 0.278. The fourth-order valence-corrected chi connectivity index (χ4v) is 11.2. The maximum atomic E-state index is 15.3. The molecule has 1 amide bonds. The van der Waals surface area contributed by atoms with Crippen molar-refractivity contribution in [1.29, 1.82) is 0 Å². The van der Waals surface area contributed by atoms with E-state index in [1.54, 1.807) is 67.8 Å². The number of ether oxygens (including phenoxy) is 3. The van der Waals surface area contributed by atoms with Gasteiger partial charge in [-0.15, -0.1) is 10.2 Å². The highest BCUT2D eigenvalue weighted by atomic mass is 127. The van der Waals surface area contributed by atoms with E-state index < -0.39 is 47.0 Å². The van der Waals surface area contributed by atoms with E-state index in [1.807, 2.05) is 34.7 Å². The van der Waals surface area contributed by atoms with E-state index in [-0.39, 0.29) is 43.9 Å². The van der Waals surface area contributed by atoms with Crippen molar-refractivity contribution in [3.05, 3.63) is 105 Å². The quantitative estimate of drug-likeness (QED) is 0.134. The average Bonchev–Trinajstić information content (AvgIpc) is 3.60. The van der Waals surface area contributed by atoms with Crippen LogP contribution in [0.15, 0.2) is 94.7 Å². The van der Waals surface area contributed by atoms with Crippen LogP contribution in [0, 0.1) is 3.57 Å². The topological polar surface area (TPSA) is 192 Å². The molecule has 1 saturated carbocycles. The predicted molar refractivity (Wildman–Crippen MR) is 206 cm³/mol. The van der Waals surface area contributed by atoms with Crippen LogP contribution in [0.3, 0.4) is 0 Å². The minimum atomic E-state index is -4.71. The van der Waals surface area contributed by atoms with Gasteiger partial charge in [0.25, 0.3) is 0 Å². The molecule has 284 valence electrons. The molecule has 1 aliphatic rings. The van der Waals surface area contributed by atoms with E-state index in [2.05, 4.69) is 20.7 Å². The van der Waals surface area contributed by atoms with Gasteiger partial charge in [-0.2, -0.15) is 9.10 Å². The van der Waals surface area contributed by atoms with Gasteiger partial charge >= 0.3 is 6.09 Å². The fourth-order valence-electron chi connectivity index (χ4n) is 6.05. The number of amides is 1. The lowest BCUT2D eigenvalue weighted by Crippen LogP contribution is -2.49. The number of hydrogen-bond acceptors (Lipinski definition) is 11. The molecule has 0 bridgehead atoms. The normalized spacial score (nSPS) is 15.7. The van der Waals surface area contributed by atoms with E-state index in [9.17, 15) is 18.3 Å². The van der Waals surface area contributed by atoms with Crippen molar-refractivity contribution in [3.63, 3.8) is 0 Å². The van der Waals surface area contributed by atoms with Gasteiger partial charge in [0.05, 0.1) is 43.6 Å². The number of hydrogen-bond donors (Lipinski definition) is 2. The highest BCUT2D eigenvalue weighted by Gasteiger charge is 2.45. The summed E-state index contributed by atoms with van der Waals surface area (Å²) in [5, 5.41) is 23.4. The van der Waals surface area contributed by atoms with Crippen LogP contribution in [0.1, 0.15) is 29.5 Å². The smallest absolute Gasteiger partial charge is 0.404 e. The Hall–Kier alpha value is -4.79. The molecule has 0 radical (unpaired) electrons. The van der Waals surface area contributed by atoms with Gasteiger partial charge in [-0.3, -0.25) is 0 Å². The lowest BCUT2D eigenvalue weighted by molar-refractivity contribution is 0.182. The summed E-state index contributed by atoms with van der Waals surface area (Å²) < 4.78 is 76.9. The van der Waals surface area contributed by atoms with Crippen LogP contribution in [0.25, 0.3) is 11.4 Å². The monoisotopic (exact) mass is 888 g/mol. The highest BCUT2D eigenvalue weighted by Crippen LogP contribution is 2.41. The molecule has 1 heterocycles. The Labute approximate surface area is 326 Å². The van der Waals surface area contributed by atoms with Crippen LogP contribution < -0.4 is 19.5 Å². The standard InChI is InChI=1S/C36H37IN6O9S2/c1-50-27-10-4-23(5-11-27)20-42(21-24-6-12-28(51-2)13-7-24)54(48,49)34-32(53(46,47)30-18-26(19-30)38-36(44)45)17-16-31(37)33(34)35-39-41-43(40-35)22-25-8-14-29(52-3)15-9-25/h4-17,26,30,38H,18-22H2,1-3H3,(H,44,45). The lowest BCUT2D eigenvalue weighted by Gasteiger charge is -2.35. The van der Waals surface area contributed by atoms with Crippen LogP contribution in [0.2, 0.25) is 0 Å². The summed E-state index contributed by atoms with van der Waals surface area (Å²) in [5.74, 6) is 1.74. The Kier molecular flexibility index (Phi) is 11.7. The SMILES string of the molecule is COc1ccc(CN(Cc2ccc(OC)cc2)S(=O)(=O)c2c(S(=O)(=O)C3CC(NC(=O)O)C3)ccc(I)c2-c2nnn(Cc3ccc(OC)cc3)n2)cc1. The molecule has 0 saturated heterocycles. The zero-order valence-electron chi connectivity index (χ0n) is 29.4. The molecule has 5 aromatic rings. The van der Waals surface area contributed by atoms with Gasteiger partial charge < -0.3 is 24.6 Å². The van der Waals surface area contributed by atoms with Gasteiger partial charge in [-0.05, 0) is 106 Å². The van der Waals surface area contributed by atoms with Gasteiger partial charge in [0.1, 0.15) is 22.1 Å². The van der Waals surface area contributed by atoms with Gasteiger partial charge in [0, 0.05) is 22.7 Å². The van der Waals surface area contributed by atoms with Crippen molar-refractivity contribution in [1.82, 2.24) is 29.8 Å². The number of sulfonamides is 1. The van der Waals surface area contributed by atoms with Gasteiger partial charge in [-0.1, -0.05) is 36.4 Å². The minimum absolute atomic E-state index is 0.0207. The van der Waals surface area contributed by atoms with Crippen molar-refractivity contribution < 1.29 is 40.9 Å². The Morgan fingerprint density at radius 1 is 0.815 bits per heavy atom. The van der Waals surface area contributed by atoms with Crippen LogP contribution in [-0.2, 0) is 39.5 Å². The van der Waals surface area contributed by atoms with E-state index in [4.69, 9.17) is 14.2 Å². The molecule has 1 aromatic heterocycles. The summed E-state index contributed by atoms with van der Waals surface area (Å²) >= 11 is 1.95. The molecular weight excluding hydrogens is 851 g/mol. The van der Waals surface area contributed by atoms with Crippen LogP contribution in [-0.4, -0.2) is 85.2 Å². The summed E-state index contributed by atoms with van der Waals surface area (Å²) in [4.78, 5) is 11.6. The summed E-state index contributed by atoms with van der Waals surface area (Å²) in [6.07, 6.45) is -1.31. The van der Waals surface area contributed by atoms with E-state index in [0.29, 0.717) is 31.9 Å². The lowest BCUT2D eigenvalue weighted by atomic mass is 9.92. The number of aromatic nitrogens is 4. The average molecular weight is 889 g/mol. The van der Waals surface area contributed by atoms with E-state index >= 15 is 8.42 Å².